The summed E-state index contributed by atoms with van der Waals surface area (Å²) in [7, 11) is 0. The molecule has 3 N–H and O–H groups in total. The molecule has 3 aliphatic rings. The monoisotopic (exact) mass is 336 g/mol. The van der Waals surface area contributed by atoms with E-state index in [2.05, 4.69) is 10.6 Å². The Bertz CT molecular complexity index is 462. The van der Waals surface area contributed by atoms with E-state index in [0.717, 1.165) is 32.1 Å². The zero-order valence-electron chi connectivity index (χ0n) is 14.8. The molecule has 3 aliphatic carbocycles. The summed E-state index contributed by atoms with van der Waals surface area (Å²) in [5, 5.41) is 15.8. The number of fused-ring (bicyclic) bond motifs is 2. The molecule has 0 aromatic heterocycles. The Labute approximate surface area is 145 Å². The molecule has 0 aromatic carbocycles. The minimum Gasteiger partial charge on any atom is -0.396 e. The normalized spacial score (nSPS) is 34.1. The first kappa shape index (κ1) is 17.7. The molecule has 3 rings (SSSR count). The van der Waals surface area contributed by atoms with Crippen molar-refractivity contribution < 1.29 is 14.7 Å². The fourth-order valence-corrected chi connectivity index (χ4v) is 5.20. The van der Waals surface area contributed by atoms with Crippen LogP contribution in [0.1, 0.15) is 64.7 Å². The first-order valence-corrected chi connectivity index (χ1v) is 9.79. The summed E-state index contributed by atoms with van der Waals surface area (Å²) in [6, 6.07) is -0.00640. The molecule has 0 aliphatic heterocycles. The average Bonchev–Trinajstić information content (AvgIpc) is 3.16. The summed E-state index contributed by atoms with van der Waals surface area (Å²) in [5.74, 6) is 1.58. The minimum atomic E-state index is -0.134. The number of rotatable bonds is 6. The van der Waals surface area contributed by atoms with Crippen LogP contribution in [0.3, 0.4) is 0 Å². The maximum Gasteiger partial charge on any atom is 0.223 e. The van der Waals surface area contributed by atoms with Crippen molar-refractivity contribution in [2.24, 2.45) is 23.7 Å². The highest BCUT2D eigenvalue weighted by Crippen LogP contribution is 2.48. The molecular weight excluding hydrogens is 304 g/mol. The number of hydrogen-bond acceptors (Lipinski definition) is 3. The zero-order valence-corrected chi connectivity index (χ0v) is 14.8. The third kappa shape index (κ3) is 3.93. The molecule has 5 nitrogen and oxygen atoms in total. The number of nitrogens with one attached hydrogen (secondary N) is 2. The van der Waals surface area contributed by atoms with Crippen LogP contribution in [0.4, 0.5) is 0 Å². The number of carbonyl (C=O) groups excluding carboxylic acids is 2. The van der Waals surface area contributed by atoms with Gasteiger partial charge in [-0.05, 0) is 50.9 Å². The molecule has 0 saturated heterocycles. The van der Waals surface area contributed by atoms with E-state index in [1.807, 2.05) is 6.92 Å². The number of carbonyl (C=O) groups is 2. The van der Waals surface area contributed by atoms with Crippen LogP contribution in [0.5, 0.6) is 0 Å². The zero-order chi connectivity index (χ0) is 17.1. The van der Waals surface area contributed by atoms with Crippen LogP contribution >= 0.6 is 0 Å². The lowest BCUT2D eigenvalue weighted by Gasteiger charge is -2.31. The van der Waals surface area contributed by atoms with Gasteiger partial charge in [0.15, 0.2) is 0 Å². The Hall–Kier alpha value is -1.10. The summed E-state index contributed by atoms with van der Waals surface area (Å²) in [6.07, 6.45) is 9.30. The molecule has 5 unspecified atom stereocenters. The first-order valence-electron chi connectivity index (χ1n) is 9.79. The molecule has 24 heavy (non-hydrogen) atoms. The third-order valence-corrected chi connectivity index (χ3v) is 6.48. The van der Waals surface area contributed by atoms with Gasteiger partial charge in [0.1, 0.15) is 0 Å². The van der Waals surface area contributed by atoms with E-state index in [4.69, 9.17) is 0 Å². The summed E-state index contributed by atoms with van der Waals surface area (Å²) in [6.45, 7) is 2.07. The van der Waals surface area contributed by atoms with Crippen LogP contribution in [0.15, 0.2) is 0 Å². The summed E-state index contributed by atoms with van der Waals surface area (Å²) >= 11 is 0. The highest BCUT2D eigenvalue weighted by molar-refractivity contribution is 5.81. The second-order valence-electron chi connectivity index (χ2n) is 8.22. The van der Waals surface area contributed by atoms with Gasteiger partial charge in [-0.3, -0.25) is 9.59 Å². The molecule has 0 spiro atoms. The van der Waals surface area contributed by atoms with Gasteiger partial charge in [-0.25, -0.2) is 0 Å². The van der Waals surface area contributed by atoms with Gasteiger partial charge in [0, 0.05) is 36.9 Å². The van der Waals surface area contributed by atoms with Crippen molar-refractivity contribution in [1.29, 1.82) is 0 Å². The highest BCUT2D eigenvalue weighted by atomic mass is 16.3. The van der Waals surface area contributed by atoms with E-state index in [1.165, 1.54) is 19.3 Å². The molecule has 2 amide bonds. The van der Waals surface area contributed by atoms with Crippen molar-refractivity contribution in [1.82, 2.24) is 10.6 Å². The van der Waals surface area contributed by atoms with E-state index in [-0.39, 0.29) is 42.3 Å². The van der Waals surface area contributed by atoms with E-state index in [9.17, 15) is 14.7 Å². The van der Waals surface area contributed by atoms with Crippen LogP contribution in [0.2, 0.25) is 0 Å². The Morgan fingerprint density at radius 2 is 1.79 bits per heavy atom. The second kappa shape index (κ2) is 7.85. The molecule has 5 atom stereocenters. The second-order valence-corrected chi connectivity index (χ2v) is 8.22. The molecule has 136 valence electrons. The topological polar surface area (TPSA) is 78.4 Å². The lowest BCUT2D eigenvalue weighted by atomic mass is 9.85. The van der Waals surface area contributed by atoms with E-state index in [0.29, 0.717) is 18.3 Å². The molecule has 0 heterocycles. The van der Waals surface area contributed by atoms with Gasteiger partial charge >= 0.3 is 0 Å². The first-order chi connectivity index (χ1) is 11.6. The molecule has 0 aromatic rings. The number of aliphatic hydroxyl groups excluding tert-OH is 1. The number of hydrogen-bond donors (Lipinski definition) is 3. The summed E-state index contributed by atoms with van der Waals surface area (Å²) < 4.78 is 0. The van der Waals surface area contributed by atoms with Crippen LogP contribution in [0, 0.1) is 23.7 Å². The maximum atomic E-state index is 12.4. The maximum absolute atomic E-state index is 12.4. The number of aliphatic hydroxyl groups is 1. The van der Waals surface area contributed by atoms with Gasteiger partial charge in [0.2, 0.25) is 11.8 Å². The van der Waals surface area contributed by atoms with Gasteiger partial charge in [-0.1, -0.05) is 19.3 Å². The standard InChI is InChI=1S/C19H32N2O3/c1-12(20-19(24)13-5-3-2-4-6-13)9-17(23)21-18-15-8-7-14(10-15)16(18)11-22/h12-16,18,22H,2-11H2,1H3,(H,20,24)(H,21,23). The minimum absolute atomic E-state index is 0.00226. The number of amides is 2. The van der Waals surface area contributed by atoms with Crippen molar-refractivity contribution in [2.45, 2.75) is 76.8 Å². The molecule has 0 radical (unpaired) electrons. The predicted molar refractivity (Wildman–Crippen MR) is 92.1 cm³/mol. The van der Waals surface area contributed by atoms with Crippen molar-refractivity contribution in [3.05, 3.63) is 0 Å². The lowest BCUT2D eigenvalue weighted by Crippen LogP contribution is -2.47. The summed E-state index contributed by atoms with van der Waals surface area (Å²) in [5.41, 5.74) is 0. The lowest BCUT2D eigenvalue weighted by molar-refractivity contribution is -0.127. The molecule has 3 saturated carbocycles. The summed E-state index contributed by atoms with van der Waals surface area (Å²) in [4.78, 5) is 24.6. The quantitative estimate of drug-likeness (QED) is 0.694. The molecule has 5 heteroatoms. The predicted octanol–water partition coefficient (Wildman–Crippen LogP) is 1.98. The molecular formula is C19H32N2O3. The van der Waals surface area contributed by atoms with E-state index in [1.54, 1.807) is 0 Å². The average molecular weight is 336 g/mol. The molecule has 3 fully saturated rings. The van der Waals surface area contributed by atoms with Gasteiger partial charge in [-0.15, -0.1) is 0 Å². The van der Waals surface area contributed by atoms with Gasteiger partial charge in [0.25, 0.3) is 0 Å². The van der Waals surface area contributed by atoms with Crippen molar-refractivity contribution >= 4 is 11.8 Å². The highest BCUT2D eigenvalue weighted by Gasteiger charge is 2.47. The van der Waals surface area contributed by atoms with E-state index >= 15 is 0 Å². The van der Waals surface area contributed by atoms with Gasteiger partial charge < -0.3 is 15.7 Å². The SMILES string of the molecule is CC(CC(=O)NC1C2CCC(C2)C1CO)NC(=O)C1CCCCC1. The van der Waals surface area contributed by atoms with Crippen molar-refractivity contribution in [3.8, 4) is 0 Å². The Morgan fingerprint density at radius 3 is 2.50 bits per heavy atom. The largest absolute Gasteiger partial charge is 0.396 e. The van der Waals surface area contributed by atoms with Crippen molar-refractivity contribution in [3.63, 3.8) is 0 Å². The smallest absolute Gasteiger partial charge is 0.223 e. The van der Waals surface area contributed by atoms with Crippen LogP contribution in [-0.2, 0) is 9.59 Å². The Morgan fingerprint density at radius 1 is 1.08 bits per heavy atom. The Kier molecular flexibility index (Phi) is 5.80. The van der Waals surface area contributed by atoms with Crippen LogP contribution < -0.4 is 10.6 Å². The van der Waals surface area contributed by atoms with Gasteiger partial charge in [0.05, 0.1) is 0 Å². The van der Waals surface area contributed by atoms with Crippen molar-refractivity contribution in [2.75, 3.05) is 6.61 Å². The molecule has 2 bridgehead atoms. The fourth-order valence-electron chi connectivity index (χ4n) is 5.20. The third-order valence-electron chi connectivity index (χ3n) is 6.48. The Balaban J connectivity index is 1.43. The van der Waals surface area contributed by atoms with Crippen LogP contribution in [0.25, 0.3) is 0 Å². The van der Waals surface area contributed by atoms with Crippen LogP contribution in [-0.4, -0.2) is 35.6 Å². The van der Waals surface area contributed by atoms with E-state index < -0.39 is 0 Å². The van der Waals surface area contributed by atoms with Gasteiger partial charge in [-0.2, -0.15) is 0 Å². The fraction of sp³-hybridized carbons (Fsp3) is 0.895.